The highest BCUT2D eigenvalue weighted by Gasteiger charge is 2.12. The summed E-state index contributed by atoms with van der Waals surface area (Å²) in [6.45, 7) is 2.05. The van der Waals surface area contributed by atoms with Crippen LogP contribution in [-0.4, -0.2) is 5.04 Å². The van der Waals surface area contributed by atoms with Gasteiger partial charge in [0.25, 0.3) is 0 Å². The highest BCUT2D eigenvalue weighted by atomic mass is 32.2. The van der Waals surface area contributed by atoms with E-state index in [1.54, 1.807) is 18.0 Å². The van der Waals surface area contributed by atoms with Gasteiger partial charge >= 0.3 is 0 Å². The minimum atomic E-state index is 0.823. The summed E-state index contributed by atoms with van der Waals surface area (Å²) in [6, 6.07) is 26.8. The number of nitrogens with zero attached hydrogens (tertiary/aromatic N) is 1. The molecule has 0 heterocycles. The van der Waals surface area contributed by atoms with Crippen molar-refractivity contribution in [1.82, 2.24) is 0 Å². The molecule has 0 aliphatic heterocycles. The monoisotopic (exact) mass is 385 g/mol. The molecule has 3 aromatic carbocycles. The van der Waals surface area contributed by atoms with Gasteiger partial charge in [0.2, 0.25) is 0 Å². The van der Waals surface area contributed by atoms with E-state index in [4.69, 9.17) is 9.73 Å². The molecule has 1 aliphatic carbocycles. The Morgan fingerprint density at radius 1 is 0.893 bits per heavy atom. The Labute approximate surface area is 171 Å². The zero-order valence-corrected chi connectivity index (χ0v) is 16.8. The van der Waals surface area contributed by atoms with Crippen molar-refractivity contribution in [2.24, 2.45) is 4.99 Å². The topological polar surface area (TPSA) is 21.6 Å². The normalized spacial score (nSPS) is 14.0. The van der Waals surface area contributed by atoms with Crippen molar-refractivity contribution in [1.29, 1.82) is 0 Å². The largest absolute Gasteiger partial charge is 0.465 e. The van der Waals surface area contributed by atoms with Crippen LogP contribution in [0.1, 0.15) is 24.5 Å². The number of para-hydroxylation sites is 1. The average molecular weight is 386 g/mol. The number of hydrogen-bond donors (Lipinski definition) is 0. The lowest BCUT2D eigenvalue weighted by Gasteiger charge is -2.09. The SMILES string of the molecule is C/C(=C\Oc1ccccc1)C(=Nc1ccc2c(c1)CCC2)Sc1ccccc1. The summed E-state index contributed by atoms with van der Waals surface area (Å²) in [5.74, 6) is 0.823. The van der Waals surface area contributed by atoms with Crippen molar-refractivity contribution < 1.29 is 4.74 Å². The van der Waals surface area contributed by atoms with E-state index in [0.29, 0.717) is 0 Å². The Hall–Kier alpha value is -2.78. The summed E-state index contributed by atoms with van der Waals surface area (Å²) in [4.78, 5) is 6.14. The molecule has 0 fully saturated rings. The third-order valence-electron chi connectivity index (χ3n) is 4.72. The van der Waals surface area contributed by atoms with Crippen LogP contribution in [0.25, 0.3) is 0 Å². The Morgan fingerprint density at radius 2 is 1.61 bits per heavy atom. The number of benzene rings is 3. The maximum atomic E-state index is 5.84. The van der Waals surface area contributed by atoms with Crippen molar-refractivity contribution in [3.05, 3.63) is 102 Å². The van der Waals surface area contributed by atoms with Crippen molar-refractivity contribution in [2.75, 3.05) is 0 Å². The fourth-order valence-corrected chi connectivity index (χ4v) is 4.12. The number of ether oxygens (including phenoxy) is 1. The minimum Gasteiger partial charge on any atom is -0.465 e. The van der Waals surface area contributed by atoms with Crippen LogP contribution >= 0.6 is 11.8 Å². The highest BCUT2D eigenvalue weighted by molar-refractivity contribution is 8.14. The molecule has 0 saturated heterocycles. The molecular formula is C25H23NOS. The zero-order chi connectivity index (χ0) is 19.2. The molecule has 3 heteroatoms. The van der Waals surface area contributed by atoms with E-state index in [0.717, 1.165) is 33.4 Å². The van der Waals surface area contributed by atoms with Crippen molar-refractivity contribution >= 4 is 22.5 Å². The van der Waals surface area contributed by atoms with Gasteiger partial charge in [0.15, 0.2) is 0 Å². The standard InChI is InChI=1S/C25H23NOS/c1-19(18-27-23-11-4-2-5-12-23)25(28-24-13-6-3-7-14-24)26-22-16-15-20-9-8-10-21(20)17-22/h2-7,11-18H,8-10H2,1H3/b19-18+,26-25?. The zero-order valence-electron chi connectivity index (χ0n) is 16.0. The highest BCUT2D eigenvalue weighted by Crippen LogP contribution is 2.30. The molecule has 0 bridgehead atoms. The van der Waals surface area contributed by atoms with E-state index in [-0.39, 0.29) is 0 Å². The average Bonchev–Trinajstić information content (AvgIpc) is 3.21. The molecule has 0 amide bonds. The van der Waals surface area contributed by atoms with E-state index >= 15 is 0 Å². The van der Waals surface area contributed by atoms with E-state index in [9.17, 15) is 0 Å². The number of hydrogen-bond acceptors (Lipinski definition) is 3. The first-order chi connectivity index (χ1) is 13.8. The molecule has 0 N–H and O–H groups in total. The van der Waals surface area contributed by atoms with Crippen molar-refractivity contribution in [3.63, 3.8) is 0 Å². The Kier molecular flexibility index (Phi) is 5.93. The van der Waals surface area contributed by atoms with E-state index in [2.05, 4.69) is 42.5 Å². The van der Waals surface area contributed by atoms with Gasteiger partial charge in [0.1, 0.15) is 10.8 Å². The van der Waals surface area contributed by atoms with E-state index < -0.39 is 0 Å². The first-order valence-electron chi connectivity index (χ1n) is 9.60. The quantitative estimate of drug-likeness (QED) is 0.204. The fourth-order valence-electron chi connectivity index (χ4n) is 3.24. The molecule has 28 heavy (non-hydrogen) atoms. The van der Waals surface area contributed by atoms with Gasteiger partial charge in [-0.25, -0.2) is 4.99 Å². The molecule has 1 aliphatic rings. The molecular weight excluding hydrogens is 362 g/mol. The lowest BCUT2D eigenvalue weighted by molar-refractivity contribution is 0.478. The summed E-state index contributed by atoms with van der Waals surface area (Å²) in [6.07, 6.45) is 5.38. The number of aryl methyl sites for hydroxylation is 2. The number of thioether (sulfide) groups is 1. The van der Waals surface area contributed by atoms with Gasteiger partial charge in [-0.2, -0.15) is 0 Å². The Balaban J connectivity index is 1.63. The minimum absolute atomic E-state index is 0.823. The molecule has 2 nitrogen and oxygen atoms in total. The number of rotatable bonds is 5. The van der Waals surface area contributed by atoms with Crippen LogP contribution in [0.4, 0.5) is 5.69 Å². The smallest absolute Gasteiger partial charge is 0.126 e. The molecule has 0 radical (unpaired) electrons. The van der Waals surface area contributed by atoms with E-state index in [1.165, 1.54) is 24.0 Å². The molecule has 0 aromatic heterocycles. The molecule has 140 valence electrons. The van der Waals surface area contributed by atoms with Gasteiger partial charge in [-0.3, -0.25) is 0 Å². The lowest BCUT2D eigenvalue weighted by Crippen LogP contribution is -1.97. The maximum Gasteiger partial charge on any atom is 0.126 e. The van der Waals surface area contributed by atoms with Crippen LogP contribution in [0.15, 0.2) is 101 Å². The molecule has 0 unspecified atom stereocenters. The van der Waals surface area contributed by atoms with Gasteiger partial charge in [0, 0.05) is 10.5 Å². The van der Waals surface area contributed by atoms with Crippen molar-refractivity contribution in [2.45, 2.75) is 31.1 Å². The van der Waals surface area contributed by atoms with Crippen LogP contribution in [0, 0.1) is 0 Å². The van der Waals surface area contributed by atoms with Crippen LogP contribution < -0.4 is 4.74 Å². The maximum absolute atomic E-state index is 5.84. The van der Waals surface area contributed by atoms with Crippen LogP contribution in [-0.2, 0) is 12.8 Å². The number of fused-ring (bicyclic) bond motifs is 1. The third kappa shape index (κ3) is 4.73. The van der Waals surface area contributed by atoms with Gasteiger partial charge in [-0.05, 0) is 73.7 Å². The summed E-state index contributed by atoms with van der Waals surface area (Å²) in [5.41, 5.74) is 4.91. The molecule has 0 saturated carbocycles. The predicted molar refractivity (Wildman–Crippen MR) is 119 cm³/mol. The summed E-state index contributed by atoms with van der Waals surface area (Å²) in [5, 5.41) is 0.945. The predicted octanol–water partition coefficient (Wildman–Crippen LogP) is 6.98. The number of aliphatic imine (C=N–C) groups is 1. The summed E-state index contributed by atoms with van der Waals surface area (Å²) >= 11 is 1.66. The first kappa shape index (κ1) is 18.6. The second-order valence-corrected chi connectivity index (χ2v) is 7.93. The van der Waals surface area contributed by atoms with Crippen LogP contribution in [0.3, 0.4) is 0 Å². The van der Waals surface area contributed by atoms with Crippen LogP contribution in [0.2, 0.25) is 0 Å². The van der Waals surface area contributed by atoms with Crippen molar-refractivity contribution in [3.8, 4) is 5.75 Å². The van der Waals surface area contributed by atoms with Gasteiger partial charge in [-0.1, -0.05) is 54.2 Å². The fraction of sp³-hybridized carbons (Fsp3) is 0.160. The molecule has 0 spiro atoms. The summed E-state index contributed by atoms with van der Waals surface area (Å²) < 4.78 is 5.84. The Morgan fingerprint density at radius 3 is 2.39 bits per heavy atom. The first-order valence-corrected chi connectivity index (χ1v) is 10.4. The third-order valence-corrected chi connectivity index (χ3v) is 5.84. The van der Waals surface area contributed by atoms with Gasteiger partial charge in [-0.15, -0.1) is 0 Å². The van der Waals surface area contributed by atoms with Gasteiger partial charge in [0.05, 0.1) is 11.9 Å². The second kappa shape index (κ2) is 8.94. The Bertz CT molecular complexity index is 994. The molecule has 0 atom stereocenters. The molecule has 4 rings (SSSR count). The molecule has 3 aromatic rings. The van der Waals surface area contributed by atoms with E-state index in [1.807, 2.05) is 43.3 Å². The summed E-state index contributed by atoms with van der Waals surface area (Å²) in [7, 11) is 0. The second-order valence-electron chi connectivity index (χ2n) is 6.87. The van der Waals surface area contributed by atoms with Gasteiger partial charge < -0.3 is 4.74 Å². The van der Waals surface area contributed by atoms with Crippen LogP contribution in [0.5, 0.6) is 5.75 Å². The lowest BCUT2D eigenvalue weighted by atomic mass is 10.1.